The fourth-order valence-corrected chi connectivity index (χ4v) is 2.45. The predicted octanol–water partition coefficient (Wildman–Crippen LogP) is 2.22. The number of hydrogen-bond acceptors (Lipinski definition) is 7. The Labute approximate surface area is 154 Å². The molecule has 3 rings (SSSR count). The molecule has 0 radical (unpaired) electrons. The third kappa shape index (κ3) is 4.32. The number of carbonyl (C=O) groups excluding carboxylic acids is 2. The van der Waals surface area contributed by atoms with Crippen molar-refractivity contribution in [3.8, 4) is 11.5 Å². The standard InChI is InChI=1S/C18H16N2O7/c1-11-8-12(20(23)24)6-7-13(11)19-17(21)10-26-18(22)16-9-25-14-4-2-3-5-15(14)27-16/h2-8,16H,9-10H2,1H3,(H,19,21)/t16-/m1/s1. The van der Waals surface area contributed by atoms with Crippen molar-refractivity contribution < 1.29 is 28.7 Å². The zero-order valence-electron chi connectivity index (χ0n) is 14.3. The number of hydrogen-bond donors (Lipinski definition) is 1. The molecule has 1 amide bonds. The van der Waals surface area contributed by atoms with Gasteiger partial charge in [0.05, 0.1) is 4.92 Å². The van der Waals surface area contributed by atoms with Gasteiger partial charge >= 0.3 is 5.97 Å². The first-order chi connectivity index (χ1) is 12.9. The number of nitrogens with one attached hydrogen (secondary N) is 1. The van der Waals surface area contributed by atoms with Crippen LogP contribution in [0.5, 0.6) is 11.5 Å². The van der Waals surface area contributed by atoms with Gasteiger partial charge in [-0.3, -0.25) is 14.9 Å². The molecule has 0 aliphatic carbocycles. The minimum absolute atomic E-state index is 0.0150. The smallest absolute Gasteiger partial charge is 0.351 e. The van der Waals surface area contributed by atoms with E-state index in [0.717, 1.165) is 0 Å². The monoisotopic (exact) mass is 372 g/mol. The van der Waals surface area contributed by atoms with E-state index in [1.807, 2.05) is 0 Å². The lowest BCUT2D eigenvalue weighted by molar-refractivity contribution is -0.384. The second-order valence-corrected chi connectivity index (χ2v) is 5.78. The number of anilines is 1. The molecule has 0 bridgehead atoms. The molecule has 1 aliphatic heterocycles. The maximum Gasteiger partial charge on any atom is 0.351 e. The Bertz CT molecular complexity index is 897. The van der Waals surface area contributed by atoms with Gasteiger partial charge in [-0.25, -0.2) is 4.79 Å². The molecular formula is C18H16N2O7. The van der Waals surface area contributed by atoms with Crippen molar-refractivity contribution in [3.05, 3.63) is 58.1 Å². The van der Waals surface area contributed by atoms with Crippen LogP contribution < -0.4 is 14.8 Å². The molecule has 0 saturated heterocycles. The number of aryl methyl sites for hydroxylation is 1. The van der Waals surface area contributed by atoms with Crippen LogP contribution in [0.2, 0.25) is 0 Å². The first kappa shape index (κ1) is 18.2. The number of fused-ring (bicyclic) bond motifs is 1. The number of nitro benzene ring substituents is 1. The summed E-state index contributed by atoms with van der Waals surface area (Å²) in [7, 11) is 0. The molecule has 2 aromatic rings. The minimum Gasteiger partial charge on any atom is -0.485 e. The van der Waals surface area contributed by atoms with Gasteiger partial charge in [0.2, 0.25) is 6.10 Å². The van der Waals surface area contributed by atoms with Crippen molar-refractivity contribution in [2.45, 2.75) is 13.0 Å². The van der Waals surface area contributed by atoms with Crippen LogP contribution in [0.15, 0.2) is 42.5 Å². The molecule has 27 heavy (non-hydrogen) atoms. The van der Waals surface area contributed by atoms with Gasteiger partial charge in [-0.1, -0.05) is 12.1 Å². The summed E-state index contributed by atoms with van der Waals surface area (Å²) in [5, 5.41) is 13.3. The molecule has 9 nitrogen and oxygen atoms in total. The van der Waals surface area contributed by atoms with Gasteiger partial charge in [0.25, 0.3) is 11.6 Å². The van der Waals surface area contributed by atoms with Gasteiger partial charge in [-0.2, -0.15) is 0 Å². The van der Waals surface area contributed by atoms with E-state index in [4.69, 9.17) is 14.2 Å². The van der Waals surface area contributed by atoms with Crippen molar-refractivity contribution in [1.82, 2.24) is 0 Å². The van der Waals surface area contributed by atoms with Crippen LogP contribution in [0.4, 0.5) is 11.4 Å². The van der Waals surface area contributed by atoms with Gasteiger partial charge in [-0.05, 0) is 30.7 Å². The maximum absolute atomic E-state index is 12.1. The molecular weight excluding hydrogens is 356 g/mol. The van der Waals surface area contributed by atoms with E-state index in [1.165, 1.54) is 18.2 Å². The van der Waals surface area contributed by atoms with Gasteiger partial charge < -0.3 is 19.5 Å². The Balaban J connectivity index is 1.52. The highest BCUT2D eigenvalue weighted by Gasteiger charge is 2.29. The summed E-state index contributed by atoms with van der Waals surface area (Å²) < 4.78 is 15.9. The largest absolute Gasteiger partial charge is 0.485 e. The predicted molar refractivity (Wildman–Crippen MR) is 93.8 cm³/mol. The summed E-state index contributed by atoms with van der Waals surface area (Å²) in [5.41, 5.74) is 0.837. The number of benzene rings is 2. The Kier molecular flexibility index (Phi) is 5.20. The molecule has 0 aromatic heterocycles. The fraction of sp³-hybridized carbons (Fsp3) is 0.222. The number of esters is 1. The number of ether oxygens (including phenoxy) is 3. The summed E-state index contributed by atoms with van der Waals surface area (Å²) >= 11 is 0. The van der Waals surface area contributed by atoms with E-state index in [-0.39, 0.29) is 12.3 Å². The lowest BCUT2D eigenvalue weighted by atomic mass is 10.2. The molecule has 0 saturated carbocycles. The lowest BCUT2D eigenvalue weighted by Crippen LogP contribution is -2.39. The summed E-state index contributed by atoms with van der Waals surface area (Å²) in [6, 6.07) is 10.9. The Hall–Kier alpha value is -3.62. The van der Waals surface area contributed by atoms with Crippen molar-refractivity contribution in [3.63, 3.8) is 0 Å². The maximum atomic E-state index is 12.1. The first-order valence-electron chi connectivity index (χ1n) is 8.04. The SMILES string of the molecule is Cc1cc([N+](=O)[O-])ccc1NC(=O)COC(=O)[C@H]1COc2ccccc2O1. The van der Waals surface area contributed by atoms with E-state index < -0.39 is 29.5 Å². The molecule has 2 aromatic carbocycles. The van der Waals surface area contributed by atoms with Crippen LogP contribution in [0.1, 0.15) is 5.56 Å². The summed E-state index contributed by atoms with van der Waals surface area (Å²) in [5.74, 6) is -0.331. The summed E-state index contributed by atoms with van der Waals surface area (Å²) in [6.07, 6.45) is -0.964. The highest BCUT2D eigenvalue weighted by molar-refractivity contribution is 5.93. The molecule has 1 N–H and O–H groups in total. The Morgan fingerprint density at radius 2 is 2.00 bits per heavy atom. The van der Waals surface area contributed by atoms with E-state index in [1.54, 1.807) is 31.2 Å². The average Bonchev–Trinajstić information content (AvgIpc) is 2.67. The molecule has 1 heterocycles. The second kappa shape index (κ2) is 7.73. The van der Waals surface area contributed by atoms with Gasteiger partial charge in [-0.15, -0.1) is 0 Å². The number of para-hydroxylation sites is 2. The van der Waals surface area contributed by atoms with Crippen LogP contribution >= 0.6 is 0 Å². The average molecular weight is 372 g/mol. The second-order valence-electron chi connectivity index (χ2n) is 5.78. The van der Waals surface area contributed by atoms with Crippen LogP contribution in [0.3, 0.4) is 0 Å². The van der Waals surface area contributed by atoms with Crippen molar-refractivity contribution in [2.75, 3.05) is 18.5 Å². The quantitative estimate of drug-likeness (QED) is 0.486. The van der Waals surface area contributed by atoms with Crippen molar-refractivity contribution in [2.24, 2.45) is 0 Å². The number of rotatable bonds is 5. The molecule has 1 aliphatic rings. The van der Waals surface area contributed by atoms with Gasteiger partial charge in [0.15, 0.2) is 18.1 Å². The van der Waals surface area contributed by atoms with Crippen LogP contribution in [-0.2, 0) is 14.3 Å². The van der Waals surface area contributed by atoms with Crippen molar-refractivity contribution >= 4 is 23.3 Å². The highest BCUT2D eigenvalue weighted by Crippen LogP contribution is 2.31. The number of amides is 1. The summed E-state index contributed by atoms with van der Waals surface area (Å²) in [6.45, 7) is 1.09. The van der Waals surface area contributed by atoms with Crippen LogP contribution in [0.25, 0.3) is 0 Å². The third-order valence-corrected chi connectivity index (χ3v) is 3.81. The Morgan fingerprint density at radius 1 is 1.26 bits per heavy atom. The fourth-order valence-electron chi connectivity index (χ4n) is 2.45. The topological polar surface area (TPSA) is 117 Å². The zero-order chi connectivity index (χ0) is 19.4. The Morgan fingerprint density at radius 3 is 2.70 bits per heavy atom. The number of carbonyl (C=O) groups is 2. The van der Waals surface area contributed by atoms with E-state index >= 15 is 0 Å². The molecule has 9 heteroatoms. The lowest BCUT2D eigenvalue weighted by Gasteiger charge is -2.24. The normalized spacial score (nSPS) is 14.9. The van der Waals surface area contributed by atoms with Crippen LogP contribution in [0, 0.1) is 17.0 Å². The third-order valence-electron chi connectivity index (χ3n) is 3.81. The first-order valence-corrected chi connectivity index (χ1v) is 8.04. The van der Waals surface area contributed by atoms with Gasteiger partial charge in [0, 0.05) is 17.8 Å². The molecule has 140 valence electrons. The molecule has 0 spiro atoms. The molecule has 0 unspecified atom stereocenters. The highest BCUT2D eigenvalue weighted by atomic mass is 16.6. The number of nitro groups is 1. The molecule has 1 atom stereocenters. The van der Waals surface area contributed by atoms with E-state index in [2.05, 4.69) is 5.32 Å². The number of nitrogens with zero attached hydrogens (tertiary/aromatic N) is 1. The minimum atomic E-state index is -0.964. The summed E-state index contributed by atoms with van der Waals surface area (Å²) in [4.78, 5) is 34.3. The zero-order valence-corrected chi connectivity index (χ0v) is 14.3. The van der Waals surface area contributed by atoms with Crippen LogP contribution in [-0.4, -0.2) is 36.1 Å². The van der Waals surface area contributed by atoms with E-state index in [9.17, 15) is 19.7 Å². The number of non-ortho nitro benzene ring substituents is 1. The van der Waals surface area contributed by atoms with Crippen molar-refractivity contribution in [1.29, 1.82) is 0 Å². The molecule has 0 fully saturated rings. The van der Waals surface area contributed by atoms with Gasteiger partial charge in [0.1, 0.15) is 6.61 Å². The van der Waals surface area contributed by atoms with E-state index in [0.29, 0.717) is 22.7 Å².